The second-order valence-corrected chi connectivity index (χ2v) is 4.84. The van der Waals surface area contributed by atoms with Crippen LogP contribution in [0.3, 0.4) is 0 Å². The minimum absolute atomic E-state index is 0.0241. The first-order valence-electron chi connectivity index (χ1n) is 6.36. The molecular weight excluding hydrogens is 236 g/mol. The van der Waals surface area contributed by atoms with Crippen molar-refractivity contribution in [1.29, 1.82) is 0 Å². The number of hydrogen-bond acceptors (Lipinski definition) is 2. The summed E-state index contributed by atoms with van der Waals surface area (Å²) in [6.45, 7) is 6.17. The molecule has 0 heterocycles. The van der Waals surface area contributed by atoms with Crippen molar-refractivity contribution in [3.05, 3.63) is 64.7 Å². The van der Waals surface area contributed by atoms with Crippen molar-refractivity contribution in [1.82, 2.24) is 0 Å². The minimum Gasteiger partial charge on any atom is -0.488 e. The molecule has 0 saturated carbocycles. The highest BCUT2D eigenvalue weighted by Gasteiger charge is 2.07. The zero-order chi connectivity index (χ0) is 13.8. The standard InChI is InChI=1S/C17H18O2/c1-12-8-13(2)10-15(9-12)11-19-17-7-5-4-6-16(17)14(3)18/h4-10H,11H2,1-3H3. The second-order valence-electron chi connectivity index (χ2n) is 4.84. The Balaban J connectivity index is 2.16. The summed E-state index contributed by atoms with van der Waals surface area (Å²) in [5, 5.41) is 0. The quantitative estimate of drug-likeness (QED) is 0.768. The number of hydrogen-bond donors (Lipinski definition) is 0. The normalized spacial score (nSPS) is 10.3. The van der Waals surface area contributed by atoms with Crippen molar-refractivity contribution in [2.75, 3.05) is 0 Å². The molecule has 0 fully saturated rings. The summed E-state index contributed by atoms with van der Waals surface area (Å²) < 4.78 is 5.77. The van der Waals surface area contributed by atoms with E-state index < -0.39 is 0 Å². The van der Waals surface area contributed by atoms with Crippen LogP contribution in [-0.4, -0.2) is 5.78 Å². The van der Waals surface area contributed by atoms with E-state index in [9.17, 15) is 4.79 Å². The smallest absolute Gasteiger partial charge is 0.163 e. The molecular formula is C17H18O2. The molecule has 0 unspecified atom stereocenters. The Morgan fingerprint density at radius 3 is 2.32 bits per heavy atom. The van der Waals surface area contributed by atoms with Gasteiger partial charge in [0.25, 0.3) is 0 Å². The van der Waals surface area contributed by atoms with Gasteiger partial charge in [-0.25, -0.2) is 0 Å². The predicted octanol–water partition coefficient (Wildman–Crippen LogP) is 4.09. The van der Waals surface area contributed by atoms with Crippen molar-refractivity contribution in [2.45, 2.75) is 27.4 Å². The number of Topliss-reactive ketones (excluding diaryl/α,β-unsaturated/α-hetero) is 1. The van der Waals surface area contributed by atoms with E-state index in [4.69, 9.17) is 4.74 Å². The molecule has 0 aromatic heterocycles. The van der Waals surface area contributed by atoms with Crippen LogP contribution in [0.15, 0.2) is 42.5 Å². The van der Waals surface area contributed by atoms with E-state index in [1.807, 2.05) is 18.2 Å². The van der Waals surface area contributed by atoms with E-state index in [0.717, 1.165) is 5.56 Å². The van der Waals surface area contributed by atoms with Crippen LogP contribution < -0.4 is 4.74 Å². The Hall–Kier alpha value is -2.09. The molecule has 0 amide bonds. The number of rotatable bonds is 4. The second kappa shape index (κ2) is 5.70. The molecule has 2 aromatic rings. The molecule has 98 valence electrons. The molecule has 2 aromatic carbocycles. The number of aryl methyl sites for hydroxylation is 2. The van der Waals surface area contributed by atoms with Gasteiger partial charge in [-0.05, 0) is 38.5 Å². The molecule has 2 rings (SSSR count). The van der Waals surface area contributed by atoms with Crippen LogP contribution in [0.2, 0.25) is 0 Å². The Morgan fingerprint density at radius 2 is 1.68 bits per heavy atom. The fourth-order valence-electron chi connectivity index (χ4n) is 2.20. The summed E-state index contributed by atoms with van der Waals surface area (Å²) >= 11 is 0. The van der Waals surface area contributed by atoms with Crippen LogP contribution in [-0.2, 0) is 6.61 Å². The van der Waals surface area contributed by atoms with Crippen molar-refractivity contribution in [3.63, 3.8) is 0 Å². The van der Waals surface area contributed by atoms with E-state index in [2.05, 4.69) is 32.0 Å². The fourth-order valence-corrected chi connectivity index (χ4v) is 2.20. The van der Waals surface area contributed by atoms with E-state index in [-0.39, 0.29) is 5.78 Å². The average Bonchev–Trinajstić information content (AvgIpc) is 2.35. The summed E-state index contributed by atoms with van der Waals surface area (Å²) in [7, 11) is 0. The van der Waals surface area contributed by atoms with Gasteiger partial charge < -0.3 is 4.74 Å². The molecule has 0 radical (unpaired) electrons. The Labute approximate surface area is 114 Å². The van der Waals surface area contributed by atoms with Crippen LogP contribution >= 0.6 is 0 Å². The summed E-state index contributed by atoms with van der Waals surface area (Å²) in [5.74, 6) is 0.671. The van der Waals surface area contributed by atoms with E-state index in [1.54, 1.807) is 13.0 Å². The van der Waals surface area contributed by atoms with Crippen LogP contribution in [0.5, 0.6) is 5.75 Å². The largest absolute Gasteiger partial charge is 0.488 e. The van der Waals surface area contributed by atoms with Gasteiger partial charge in [0.2, 0.25) is 0 Å². The minimum atomic E-state index is 0.0241. The van der Waals surface area contributed by atoms with Gasteiger partial charge in [0.15, 0.2) is 5.78 Å². The first-order valence-corrected chi connectivity index (χ1v) is 6.36. The van der Waals surface area contributed by atoms with Gasteiger partial charge >= 0.3 is 0 Å². The molecule has 2 nitrogen and oxygen atoms in total. The van der Waals surface area contributed by atoms with E-state index in [0.29, 0.717) is 17.9 Å². The van der Waals surface area contributed by atoms with E-state index in [1.165, 1.54) is 11.1 Å². The molecule has 2 heteroatoms. The predicted molar refractivity (Wildman–Crippen MR) is 76.7 cm³/mol. The fraction of sp³-hybridized carbons (Fsp3) is 0.235. The highest BCUT2D eigenvalue weighted by Crippen LogP contribution is 2.20. The monoisotopic (exact) mass is 254 g/mol. The summed E-state index contributed by atoms with van der Waals surface area (Å²) in [6, 6.07) is 13.7. The number of ether oxygens (including phenoxy) is 1. The lowest BCUT2D eigenvalue weighted by Gasteiger charge is -2.10. The number of carbonyl (C=O) groups is 1. The van der Waals surface area contributed by atoms with Crippen molar-refractivity contribution < 1.29 is 9.53 Å². The van der Waals surface area contributed by atoms with Gasteiger partial charge in [-0.1, -0.05) is 41.5 Å². The van der Waals surface area contributed by atoms with Crippen molar-refractivity contribution in [2.24, 2.45) is 0 Å². The Bertz CT molecular complexity index is 580. The molecule has 0 aliphatic rings. The highest BCUT2D eigenvalue weighted by atomic mass is 16.5. The van der Waals surface area contributed by atoms with Crippen LogP contribution in [0.4, 0.5) is 0 Å². The van der Waals surface area contributed by atoms with Crippen LogP contribution in [0.1, 0.15) is 34.0 Å². The zero-order valence-electron chi connectivity index (χ0n) is 11.6. The van der Waals surface area contributed by atoms with Gasteiger partial charge in [-0.3, -0.25) is 4.79 Å². The molecule has 0 aliphatic heterocycles. The lowest BCUT2D eigenvalue weighted by molar-refractivity contribution is 0.101. The van der Waals surface area contributed by atoms with Crippen LogP contribution in [0.25, 0.3) is 0 Å². The van der Waals surface area contributed by atoms with Gasteiger partial charge in [0, 0.05) is 0 Å². The molecule has 19 heavy (non-hydrogen) atoms. The lowest BCUT2D eigenvalue weighted by Crippen LogP contribution is -2.01. The maximum atomic E-state index is 11.5. The Kier molecular flexibility index (Phi) is 4.00. The van der Waals surface area contributed by atoms with Crippen molar-refractivity contribution in [3.8, 4) is 5.75 Å². The first-order chi connectivity index (χ1) is 9.06. The topological polar surface area (TPSA) is 26.3 Å². The summed E-state index contributed by atoms with van der Waals surface area (Å²) in [6.07, 6.45) is 0. The number of benzene rings is 2. The van der Waals surface area contributed by atoms with Gasteiger partial charge in [0.1, 0.15) is 12.4 Å². The lowest BCUT2D eigenvalue weighted by atomic mass is 10.1. The van der Waals surface area contributed by atoms with Crippen LogP contribution in [0, 0.1) is 13.8 Å². The Morgan fingerprint density at radius 1 is 1.05 bits per heavy atom. The van der Waals surface area contributed by atoms with Gasteiger partial charge in [-0.2, -0.15) is 0 Å². The third-order valence-corrected chi connectivity index (χ3v) is 2.94. The molecule has 0 atom stereocenters. The van der Waals surface area contributed by atoms with Gasteiger partial charge in [0.05, 0.1) is 5.56 Å². The summed E-state index contributed by atoms with van der Waals surface area (Å²) in [4.78, 5) is 11.5. The molecule has 0 bridgehead atoms. The first kappa shape index (κ1) is 13.3. The average molecular weight is 254 g/mol. The molecule has 0 aliphatic carbocycles. The molecule has 0 spiro atoms. The number of carbonyl (C=O) groups excluding carboxylic acids is 1. The summed E-state index contributed by atoms with van der Waals surface area (Å²) in [5.41, 5.74) is 4.19. The maximum Gasteiger partial charge on any atom is 0.163 e. The van der Waals surface area contributed by atoms with Crippen molar-refractivity contribution >= 4 is 5.78 Å². The third-order valence-electron chi connectivity index (χ3n) is 2.94. The van der Waals surface area contributed by atoms with E-state index >= 15 is 0 Å². The molecule has 0 saturated heterocycles. The third kappa shape index (κ3) is 3.44. The molecule has 0 N–H and O–H groups in total. The highest BCUT2D eigenvalue weighted by molar-refractivity contribution is 5.96. The zero-order valence-corrected chi connectivity index (χ0v) is 11.6. The van der Waals surface area contributed by atoms with Gasteiger partial charge in [-0.15, -0.1) is 0 Å². The number of ketones is 1. The SMILES string of the molecule is CC(=O)c1ccccc1OCc1cc(C)cc(C)c1. The number of para-hydroxylation sites is 1. The maximum absolute atomic E-state index is 11.5.